The lowest BCUT2D eigenvalue weighted by atomic mass is 10.1. The van der Waals surface area contributed by atoms with Crippen molar-refractivity contribution in [2.24, 2.45) is 0 Å². The summed E-state index contributed by atoms with van der Waals surface area (Å²) in [6, 6.07) is 11.1. The van der Waals surface area contributed by atoms with Gasteiger partial charge in [0.1, 0.15) is 5.75 Å². The van der Waals surface area contributed by atoms with E-state index in [1.165, 1.54) is 0 Å². The lowest BCUT2D eigenvalue weighted by Gasteiger charge is -2.17. The summed E-state index contributed by atoms with van der Waals surface area (Å²) >= 11 is 9.56. The Morgan fingerprint density at radius 1 is 1.19 bits per heavy atom. The third-order valence-electron chi connectivity index (χ3n) is 3.19. The van der Waals surface area contributed by atoms with Crippen LogP contribution in [-0.4, -0.2) is 11.9 Å². The van der Waals surface area contributed by atoms with Gasteiger partial charge < -0.3 is 4.74 Å². The number of rotatable bonds is 4. The second kappa shape index (κ2) is 6.63. The summed E-state index contributed by atoms with van der Waals surface area (Å²) in [4.78, 5) is 12.4. The van der Waals surface area contributed by atoms with Crippen molar-refractivity contribution >= 4 is 33.3 Å². The minimum Gasteiger partial charge on any atom is -0.481 e. The fraction of sp³-hybridized carbons (Fsp3) is 0.235. The average molecular weight is 368 g/mol. The minimum absolute atomic E-state index is 0.0617. The molecule has 0 bridgehead atoms. The van der Waals surface area contributed by atoms with Gasteiger partial charge in [0.25, 0.3) is 0 Å². The largest absolute Gasteiger partial charge is 0.481 e. The molecule has 4 heteroatoms. The molecule has 0 amide bonds. The summed E-state index contributed by atoms with van der Waals surface area (Å²) in [6.07, 6.45) is -0.593. The highest BCUT2D eigenvalue weighted by atomic mass is 79.9. The van der Waals surface area contributed by atoms with E-state index in [9.17, 15) is 4.79 Å². The van der Waals surface area contributed by atoms with Crippen LogP contribution in [0.5, 0.6) is 5.75 Å². The highest BCUT2D eigenvalue weighted by molar-refractivity contribution is 9.10. The van der Waals surface area contributed by atoms with E-state index in [0.717, 1.165) is 15.6 Å². The summed E-state index contributed by atoms with van der Waals surface area (Å²) in [6.45, 7) is 5.62. The summed E-state index contributed by atoms with van der Waals surface area (Å²) in [5.74, 6) is 0.487. The first-order valence-electron chi connectivity index (χ1n) is 6.61. The van der Waals surface area contributed by atoms with Crippen LogP contribution in [0.25, 0.3) is 0 Å². The first-order chi connectivity index (χ1) is 9.88. The van der Waals surface area contributed by atoms with Gasteiger partial charge in [0, 0.05) is 10.0 Å². The SMILES string of the molecule is Cc1ccc(C(=O)C(C)Oc2c(C)cc(Br)cc2Cl)cc1. The Morgan fingerprint density at radius 2 is 1.81 bits per heavy atom. The third kappa shape index (κ3) is 3.86. The maximum Gasteiger partial charge on any atom is 0.202 e. The number of hydrogen-bond donors (Lipinski definition) is 0. The predicted molar refractivity (Wildman–Crippen MR) is 89.5 cm³/mol. The molecule has 1 unspecified atom stereocenters. The van der Waals surface area contributed by atoms with Crippen molar-refractivity contribution in [1.29, 1.82) is 0 Å². The van der Waals surface area contributed by atoms with E-state index in [2.05, 4.69) is 15.9 Å². The van der Waals surface area contributed by atoms with Gasteiger partial charge >= 0.3 is 0 Å². The van der Waals surface area contributed by atoms with Crippen molar-refractivity contribution in [2.45, 2.75) is 26.9 Å². The van der Waals surface area contributed by atoms with E-state index in [1.54, 1.807) is 13.0 Å². The second-order valence-corrected chi connectivity index (χ2v) is 6.35. The Balaban J connectivity index is 2.20. The van der Waals surface area contributed by atoms with Gasteiger partial charge in [-0.1, -0.05) is 57.4 Å². The highest BCUT2D eigenvalue weighted by Gasteiger charge is 2.19. The van der Waals surface area contributed by atoms with Gasteiger partial charge in [-0.25, -0.2) is 0 Å². The molecule has 0 aliphatic carbocycles. The molecule has 110 valence electrons. The molecule has 0 fully saturated rings. The molecule has 2 rings (SSSR count). The quantitative estimate of drug-likeness (QED) is 0.679. The molecule has 0 aromatic heterocycles. The molecular formula is C17H16BrClO2. The van der Waals surface area contributed by atoms with Crippen molar-refractivity contribution < 1.29 is 9.53 Å². The first-order valence-corrected chi connectivity index (χ1v) is 7.78. The topological polar surface area (TPSA) is 26.3 Å². The Kier molecular flexibility index (Phi) is 5.07. The number of benzene rings is 2. The molecule has 2 aromatic rings. The number of aryl methyl sites for hydroxylation is 2. The number of hydrogen-bond acceptors (Lipinski definition) is 2. The van der Waals surface area contributed by atoms with E-state index >= 15 is 0 Å². The fourth-order valence-electron chi connectivity index (χ4n) is 2.02. The minimum atomic E-state index is -0.593. The first kappa shape index (κ1) is 16.1. The van der Waals surface area contributed by atoms with Crippen LogP contribution in [0.15, 0.2) is 40.9 Å². The Labute approximate surface area is 138 Å². The Morgan fingerprint density at radius 3 is 2.38 bits per heavy atom. The third-order valence-corrected chi connectivity index (χ3v) is 3.93. The van der Waals surface area contributed by atoms with Crippen molar-refractivity contribution in [3.05, 3.63) is 62.6 Å². The lowest BCUT2D eigenvalue weighted by Crippen LogP contribution is -2.24. The van der Waals surface area contributed by atoms with Crippen LogP contribution in [0.4, 0.5) is 0 Å². The fourth-order valence-corrected chi connectivity index (χ4v) is 3.04. The van der Waals surface area contributed by atoms with Gasteiger partial charge in [-0.15, -0.1) is 0 Å². The highest BCUT2D eigenvalue weighted by Crippen LogP contribution is 2.33. The van der Waals surface area contributed by atoms with Gasteiger partial charge in [0.05, 0.1) is 5.02 Å². The number of carbonyl (C=O) groups is 1. The summed E-state index contributed by atoms with van der Waals surface area (Å²) in [5.41, 5.74) is 2.64. The maximum absolute atomic E-state index is 12.4. The van der Waals surface area contributed by atoms with Crippen molar-refractivity contribution in [1.82, 2.24) is 0 Å². The Hall–Kier alpha value is -1.32. The molecule has 0 aliphatic rings. The van der Waals surface area contributed by atoms with E-state index in [0.29, 0.717) is 16.3 Å². The van der Waals surface area contributed by atoms with Crippen molar-refractivity contribution in [3.63, 3.8) is 0 Å². The molecule has 0 spiro atoms. The predicted octanol–water partition coefficient (Wildman–Crippen LogP) is 5.37. The molecular weight excluding hydrogens is 352 g/mol. The molecule has 0 aliphatic heterocycles. The monoisotopic (exact) mass is 366 g/mol. The maximum atomic E-state index is 12.4. The van der Waals surface area contributed by atoms with Crippen molar-refractivity contribution in [3.8, 4) is 5.75 Å². The van der Waals surface area contributed by atoms with Gasteiger partial charge in [0.15, 0.2) is 6.10 Å². The van der Waals surface area contributed by atoms with Crippen molar-refractivity contribution in [2.75, 3.05) is 0 Å². The Bertz CT molecular complexity index is 642. The van der Waals surface area contributed by atoms with Crippen LogP contribution >= 0.6 is 27.5 Å². The molecule has 0 heterocycles. The van der Waals surface area contributed by atoms with Crippen LogP contribution in [0, 0.1) is 13.8 Å². The van der Waals surface area contributed by atoms with Crippen LogP contribution in [-0.2, 0) is 0 Å². The normalized spacial score (nSPS) is 12.0. The van der Waals surface area contributed by atoms with Crippen LogP contribution in [0.3, 0.4) is 0 Å². The zero-order chi connectivity index (χ0) is 15.6. The lowest BCUT2D eigenvalue weighted by molar-refractivity contribution is 0.0817. The summed E-state index contributed by atoms with van der Waals surface area (Å²) in [7, 11) is 0. The van der Waals surface area contributed by atoms with Gasteiger partial charge in [-0.3, -0.25) is 4.79 Å². The van der Waals surface area contributed by atoms with Gasteiger partial charge in [-0.2, -0.15) is 0 Å². The average Bonchev–Trinajstić information content (AvgIpc) is 2.42. The molecule has 0 saturated carbocycles. The molecule has 21 heavy (non-hydrogen) atoms. The summed E-state index contributed by atoms with van der Waals surface area (Å²) in [5, 5.41) is 0.491. The smallest absolute Gasteiger partial charge is 0.202 e. The van der Waals surface area contributed by atoms with E-state index in [1.807, 2.05) is 44.2 Å². The van der Waals surface area contributed by atoms with E-state index < -0.39 is 6.10 Å². The molecule has 1 atom stereocenters. The zero-order valence-electron chi connectivity index (χ0n) is 12.1. The standard InChI is InChI=1S/C17H16BrClO2/c1-10-4-6-13(7-5-10)16(20)12(3)21-17-11(2)8-14(18)9-15(17)19/h4-9,12H,1-3H3. The van der Waals surface area contributed by atoms with E-state index in [4.69, 9.17) is 16.3 Å². The molecule has 0 radical (unpaired) electrons. The van der Waals surface area contributed by atoms with Crippen LogP contribution < -0.4 is 4.74 Å². The number of ether oxygens (including phenoxy) is 1. The molecule has 2 aromatic carbocycles. The number of Topliss-reactive ketones (excluding diaryl/α,β-unsaturated/α-hetero) is 1. The molecule has 2 nitrogen and oxygen atoms in total. The van der Waals surface area contributed by atoms with Crippen LogP contribution in [0.1, 0.15) is 28.4 Å². The molecule has 0 saturated heterocycles. The number of halogens is 2. The van der Waals surface area contributed by atoms with E-state index in [-0.39, 0.29) is 5.78 Å². The zero-order valence-corrected chi connectivity index (χ0v) is 14.5. The van der Waals surface area contributed by atoms with Gasteiger partial charge in [0.2, 0.25) is 5.78 Å². The number of ketones is 1. The van der Waals surface area contributed by atoms with Crippen LogP contribution in [0.2, 0.25) is 5.02 Å². The number of carbonyl (C=O) groups excluding carboxylic acids is 1. The summed E-state index contributed by atoms with van der Waals surface area (Å²) < 4.78 is 6.66. The molecule has 0 N–H and O–H groups in total. The second-order valence-electron chi connectivity index (χ2n) is 5.02. The van der Waals surface area contributed by atoms with Gasteiger partial charge in [-0.05, 0) is 38.5 Å².